The molecule has 0 saturated carbocycles. The van der Waals surface area contributed by atoms with Crippen LogP contribution in [0.5, 0.6) is 0 Å². The second kappa shape index (κ2) is 6.14. The molecule has 0 fully saturated rings. The van der Waals surface area contributed by atoms with Crippen molar-refractivity contribution in [1.29, 1.82) is 0 Å². The van der Waals surface area contributed by atoms with Crippen molar-refractivity contribution in [2.45, 2.75) is 13.5 Å². The summed E-state index contributed by atoms with van der Waals surface area (Å²) in [5.74, 6) is 0. The highest BCUT2D eigenvalue weighted by molar-refractivity contribution is 7.09. The van der Waals surface area contributed by atoms with Gasteiger partial charge in [-0.15, -0.1) is 11.3 Å². The van der Waals surface area contributed by atoms with Crippen LogP contribution >= 0.6 is 11.3 Å². The molecule has 0 bridgehead atoms. The van der Waals surface area contributed by atoms with Gasteiger partial charge in [0, 0.05) is 41.6 Å². The molecule has 1 heterocycles. The molecule has 0 aliphatic heterocycles. The molecule has 0 saturated heterocycles. The van der Waals surface area contributed by atoms with Crippen LogP contribution in [0.1, 0.15) is 11.9 Å². The van der Waals surface area contributed by atoms with Crippen LogP contribution < -0.4 is 10.6 Å². The molecule has 100 valence electrons. The Bertz CT molecular complexity index is 557. The lowest BCUT2D eigenvalue weighted by Crippen LogP contribution is -2.02. The Hall–Kier alpha value is -2.15. The minimum absolute atomic E-state index is 0.0695. The van der Waals surface area contributed by atoms with Crippen molar-refractivity contribution in [2.24, 2.45) is 0 Å². The first-order valence-electron chi connectivity index (χ1n) is 5.84. The minimum Gasteiger partial charge on any atom is -0.385 e. The second-order valence-electron chi connectivity index (χ2n) is 3.84. The third-order valence-electron chi connectivity index (χ3n) is 2.44. The lowest BCUT2D eigenvalue weighted by atomic mass is 10.2. The minimum atomic E-state index is -0.393. The number of anilines is 2. The average Bonchev–Trinajstić information content (AvgIpc) is 2.89. The van der Waals surface area contributed by atoms with Crippen LogP contribution in [0.2, 0.25) is 0 Å². The van der Waals surface area contributed by atoms with Gasteiger partial charge in [0.05, 0.1) is 11.5 Å². The van der Waals surface area contributed by atoms with Gasteiger partial charge in [0.25, 0.3) is 5.69 Å². The zero-order valence-electron chi connectivity index (χ0n) is 10.4. The van der Waals surface area contributed by atoms with E-state index in [0.717, 1.165) is 10.7 Å². The highest BCUT2D eigenvalue weighted by Gasteiger charge is 2.09. The molecule has 0 amide bonds. The van der Waals surface area contributed by atoms with E-state index in [4.69, 9.17) is 0 Å². The van der Waals surface area contributed by atoms with Crippen LogP contribution in [0, 0.1) is 10.1 Å². The maximum absolute atomic E-state index is 10.9. The van der Waals surface area contributed by atoms with E-state index in [1.165, 1.54) is 12.1 Å². The predicted octanol–water partition coefficient (Wildman–Crippen LogP) is 3.10. The van der Waals surface area contributed by atoms with Crippen LogP contribution in [-0.2, 0) is 6.54 Å². The SMILES string of the molecule is CCNc1cc(NCc2nccs2)cc([N+](=O)[O-])c1. The molecule has 0 aliphatic carbocycles. The van der Waals surface area contributed by atoms with Crippen LogP contribution in [0.15, 0.2) is 29.8 Å². The molecule has 1 aromatic carbocycles. The summed E-state index contributed by atoms with van der Waals surface area (Å²) in [6, 6.07) is 4.90. The number of nitro benzene ring substituents is 1. The highest BCUT2D eigenvalue weighted by atomic mass is 32.1. The van der Waals surface area contributed by atoms with Gasteiger partial charge in [-0.05, 0) is 13.0 Å². The Morgan fingerprint density at radius 3 is 2.63 bits per heavy atom. The largest absolute Gasteiger partial charge is 0.385 e. The van der Waals surface area contributed by atoms with Gasteiger partial charge in [0.1, 0.15) is 5.01 Å². The Balaban J connectivity index is 2.16. The molecule has 2 N–H and O–H groups in total. The van der Waals surface area contributed by atoms with E-state index in [9.17, 15) is 10.1 Å². The van der Waals surface area contributed by atoms with Crippen LogP contribution in [0.3, 0.4) is 0 Å². The van der Waals surface area contributed by atoms with Crippen LogP contribution in [0.25, 0.3) is 0 Å². The number of nitrogens with zero attached hydrogens (tertiary/aromatic N) is 2. The monoisotopic (exact) mass is 278 g/mol. The van der Waals surface area contributed by atoms with Crippen molar-refractivity contribution in [3.8, 4) is 0 Å². The third kappa shape index (κ3) is 3.65. The van der Waals surface area contributed by atoms with Gasteiger partial charge in [-0.1, -0.05) is 0 Å². The summed E-state index contributed by atoms with van der Waals surface area (Å²) < 4.78 is 0. The number of nitro groups is 1. The average molecular weight is 278 g/mol. The van der Waals surface area contributed by atoms with E-state index >= 15 is 0 Å². The van der Waals surface area contributed by atoms with Crippen molar-refractivity contribution in [1.82, 2.24) is 4.98 Å². The van der Waals surface area contributed by atoms with Gasteiger partial charge >= 0.3 is 0 Å². The quantitative estimate of drug-likeness (QED) is 0.627. The van der Waals surface area contributed by atoms with Crippen molar-refractivity contribution in [3.63, 3.8) is 0 Å². The molecule has 1 aromatic heterocycles. The number of thiazole rings is 1. The number of nitrogens with one attached hydrogen (secondary N) is 2. The molecule has 19 heavy (non-hydrogen) atoms. The topological polar surface area (TPSA) is 80.1 Å². The highest BCUT2D eigenvalue weighted by Crippen LogP contribution is 2.24. The fourth-order valence-corrected chi connectivity index (χ4v) is 2.20. The number of aromatic nitrogens is 1. The Kier molecular flexibility index (Phi) is 4.30. The molecule has 2 aromatic rings. The van der Waals surface area contributed by atoms with Gasteiger partial charge in [0.2, 0.25) is 0 Å². The molecule has 0 aliphatic rings. The standard InChI is InChI=1S/C12H14N4O2S/c1-2-13-9-5-10(7-11(6-9)16(17)18)15-8-12-14-3-4-19-12/h3-7,13,15H,2,8H2,1H3. The van der Waals surface area contributed by atoms with E-state index in [1.807, 2.05) is 18.4 Å². The van der Waals surface area contributed by atoms with Crippen molar-refractivity contribution in [3.05, 3.63) is 44.9 Å². The molecular formula is C12H14N4O2S. The normalized spacial score (nSPS) is 10.2. The summed E-state index contributed by atoms with van der Waals surface area (Å²) in [5.41, 5.74) is 1.51. The van der Waals surface area contributed by atoms with E-state index < -0.39 is 4.92 Å². The molecule has 0 radical (unpaired) electrons. The lowest BCUT2D eigenvalue weighted by Gasteiger charge is -2.08. The van der Waals surface area contributed by atoms with Gasteiger partial charge in [0.15, 0.2) is 0 Å². The molecule has 6 nitrogen and oxygen atoms in total. The molecule has 0 unspecified atom stereocenters. The molecule has 0 atom stereocenters. The van der Waals surface area contributed by atoms with Crippen LogP contribution in [0.4, 0.5) is 17.1 Å². The van der Waals surface area contributed by atoms with Crippen LogP contribution in [-0.4, -0.2) is 16.5 Å². The van der Waals surface area contributed by atoms with E-state index in [1.54, 1.807) is 17.5 Å². The fourth-order valence-electron chi connectivity index (χ4n) is 1.64. The van der Waals surface area contributed by atoms with Crippen molar-refractivity contribution in [2.75, 3.05) is 17.2 Å². The van der Waals surface area contributed by atoms with Gasteiger partial charge < -0.3 is 10.6 Å². The first kappa shape index (κ1) is 13.3. The first-order valence-corrected chi connectivity index (χ1v) is 6.72. The maximum atomic E-state index is 10.9. The molecule has 0 spiro atoms. The first-order chi connectivity index (χ1) is 9.19. The number of non-ortho nitro benzene ring substituents is 1. The Morgan fingerprint density at radius 1 is 1.32 bits per heavy atom. The third-order valence-corrected chi connectivity index (χ3v) is 3.22. The van der Waals surface area contributed by atoms with Crippen molar-refractivity contribution >= 4 is 28.4 Å². The Labute approximate surface area is 114 Å². The number of hydrogen-bond donors (Lipinski definition) is 2. The number of hydrogen-bond acceptors (Lipinski definition) is 6. The Morgan fingerprint density at radius 2 is 2.05 bits per heavy atom. The summed E-state index contributed by atoms with van der Waals surface area (Å²) in [6.45, 7) is 3.22. The summed E-state index contributed by atoms with van der Waals surface area (Å²) >= 11 is 1.54. The van der Waals surface area contributed by atoms with Gasteiger partial charge in [-0.3, -0.25) is 10.1 Å². The lowest BCUT2D eigenvalue weighted by molar-refractivity contribution is -0.384. The van der Waals surface area contributed by atoms with E-state index in [-0.39, 0.29) is 5.69 Å². The zero-order valence-corrected chi connectivity index (χ0v) is 11.2. The summed E-state index contributed by atoms with van der Waals surface area (Å²) in [6.07, 6.45) is 1.74. The number of benzene rings is 1. The second-order valence-corrected chi connectivity index (χ2v) is 4.81. The summed E-state index contributed by atoms with van der Waals surface area (Å²) in [7, 11) is 0. The summed E-state index contributed by atoms with van der Waals surface area (Å²) in [5, 5.41) is 19.9. The smallest absolute Gasteiger partial charge is 0.273 e. The van der Waals surface area contributed by atoms with Crippen molar-refractivity contribution < 1.29 is 4.92 Å². The van der Waals surface area contributed by atoms with Gasteiger partial charge in [-0.2, -0.15) is 0 Å². The van der Waals surface area contributed by atoms with E-state index in [0.29, 0.717) is 18.8 Å². The maximum Gasteiger partial charge on any atom is 0.273 e. The number of rotatable bonds is 6. The molecule has 2 rings (SSSR count). The zero-order chi connectivity index (χ0) is 13.7. The molecular weight excluding hydrogens is 264 g/mol. The fraction of sp³-hybridized carbons (Fsp3) is 0.250. The predicted molar refractivity (Wildman–Crippen MR) is 76.7 cm³/mol. The summed E-state index contributed by atoms with van der Waals surface area (Å²) in [4.78, 5) is 14.6. The van der Waals surface area contributed by atoms with E-state index in [2.05, 4.69) is 15.6 Å². The molecule has 7 heteroatoms. The van der Waals surface area contributed by atoms with Gasteiger partial charge in [-0.25, -0.2) is 4.98 Å².